The van der Waals surface area contributed by atoms with Crippen LogP contribution >= 0.6 is 34.2 Å². The second kappa shape index (κ2) is 5.49. The van der Waals surface area contributed by atoms with Crippen LogP contribution in [0.25, 0.3) is 22.9 Å². The van der Waals surface area contributed by atoms with Gasteiger partial charge < -0.3 is 4.98 Å². The van der Waals surface area contributed by atoms with Crippen molar-refractivity contribution in [3.8, 4) is 22.9 Å². The van der Waals surface area contributed by atoms with Crippen molar-refractivity contribution in [2.24, 2.45) is 0 Å². The molecular formula is C14H10ClIN4. The Kier molecular flexibility index (Phi) is 3.71. The van der Waals surface area contributed by atoms with E-state index >= 15 is 0 Å². The summed E-state index contributed by atoms with van der Waals surface area (Å²) in [5.74, 6) is 1.27. The van der Waals surface area contributed by atoms with Crippen LogP contribution in [0.5, 0.6) is 0 Å². The van der Waals surface area contributed by atoms with E-state index in [9.17, 15) is 0 Å². The molecule has 0 saturated heterocycles. The van der Waals surface area contributed by atoms with Gasteiger partial charge in [0, 0.05) is 16.3 Å². The molecule has 3 rings (SSSR count). The van der Waals surface area contributed by atoms with E-state index in [1.807, 2.05) is 37.3 Å². The summed E-state index contributed by atoms with van der Waals surface area (Å²) in [6.45, 7) is 1.94. The van der Waals surface area contributed by atoms with E-state index in [0.717, 1.165) is 20.7 Å². The van der Waals surface area contributed by atoms with Crippen LogP contribution in [0.15, 0.2) is 36.5 Å². The number of nitrogens with zero attached hydrogens (tertiary/aromatic N) is 3. The van der Waals surface area contributed by atoms with Gasteiger partial charge in [-0.15, -0.1) is 0 Å². The van der Waals surface area contributed by atoms with Gasteiger partial charge >= 0.3 is 0 Å². The maximum atomic E-state index is 5.91. The fraction of sp³-hybridized carbons (Fsp3) is 0.0714. The van der Waals surface area contributed by atoms with E-state index in [4.69, 9.17) is 11.6 Å². The second-order valence-electron chi connectivity index (χ2n) is 4.30. The summed E-state index contributed by atoms with van der Waals surface area (Å²) in [5.41, 5.74) is 2.75. The molecule has 4 nitrogen and oxygen atoms in total. The van der Waals surface area contributed by atoms with Gasteiger partial charge in [-0.25, -0.2) is 15.0 Å². The van der Waals surface area contributed by atoms with E-state index < -0.39 is 0 Å². The largest absolute Gasteiger partial charge is 0.331 e. The number of hydrogen-bond acceptors (Lipinski definition) is 3. The lowest BCUT2D eigenvalue weighted by Crippen LogP contribution is -1.96. The average molecular weight is 397 g/mol. The van der Waals surface area contributed by atoms with Crippen LogP contribution in [0, 0.1) is 10.6 Å². The summed E-state index contributed by atoms with van der Waals surface area (Å²) in [5, 5.41) is 0.709. The lowest BCUT2D eigenvalue weighted by molar-refractivity contribution is 1.08. The Morgan fingerprint density at radius 2 is 1.90 bits per heavy atom. The SMILES string of the molecule is Cc1cc(-c2ccc(Cl)cc2)nc(-c2ncc(I)[nH]2)n1. The first kappa shape index (κ1) is 13.5. The van der Waals surface area contributed by atoms with Crippen LogP contribution in [-0.4, -0.2) is 19.9 Å². The number of aromatic amines is 1. The van der Waals surface area contributed by atoms with Gasteiger partial charge in [0.1, 0.15) is 0 Å². The van der Waals surface area contributed by atoms with Gasteiger partial charge in [-0.05, 0) is 47.7 Å². The minimum absolute atomic E-state index is 0.595. The van der Waals surface area contributed by atoms with Crippen LogP contribution in [0.2, 0.25) is 5.02 Å². The fourth-order valence-electron chi connectivity index (χ4n) is 1.86. The average Bonchev–Trinajstić information content (AvgIpc) is 2.85. The highest BCUT2D eigenvalue weighted by Gasteiger charge is 2.09. The molecule has 3 aromatic rings. The van der Waals surface area contributed by atoms with Crippen molar-refractivity contribution in [2.45, 2.75) is 6.92 Å². The molecule has 0 radical (unpaired) electrons. The maximum absolute atomic E-state index is 5.91. The monoisotopic (exact) mass is 396 g/mol. The Hall–Kier alpha value is -1.47. The van der Waals surface area contributed by atoms with Crippen LogP contribution < -0.4 is 0 Å². The normalized spacial score (nSPS) is 10.8. The van der Waals surface area contributed by atoms with Crippen molar-refractivity contribution < 1.29 is 0 Å². The molecule has 0 saturated carbocycles. The zero-order valence-corrected chi connectivity index (χ0v) is 13.5. The molecule has 0 spiro atoms. The third-order valence-corrected chi connectivity index (χ3v) is 3.55. The maximum Gasteiger partial charge on any atom is 0.196 e. The molecule has 2 heterocycles. The lowest BCUT2D eigenvalue weighted by Gasteiger charge is -2.05. The lowest BCUT2D eigenvalue weighted by atomic mass is 10.1. The van der Waals surface area contributed by atoms with Gasteiger partial charge in [-0.3, -0.25) is 0 Å². The summed E-state index contributed by atoms with van der Waals surface area (Å²) in [6, 6.07) is 9.54. The number of aromatic nitrogens is 4. The van der Waals surface area contributed by atoms with Gasteiger partial charge in [0.2, 0.25) is 0 Å². The molecule has 0 fully saturated rings. The van der Waals surface area contributed by atoms with E-state index in [0.29, 0.717) is 16.7 Å². The van der Waals surface area contributed by atoms with E-state index in [1.54, 1.807) is 6.20 Å². The highest BCUT2D eigenvalue weighted by molar-refractivity contribution is 14.1. The quantitative estimate of drug-likeness (QED) is 0.664. The molecular weight excluding hydrogens is 387 g/mol. The van der Waals surface area contributed by atoms with Crippen molar-refractivity contribution in [2.75, 3.05) is 0 Å². The topological polar surface area (TPSA) is 54.5 Å². The number of halogens is 2. The van der Waals surface area contributed by atoms with E-state index in [1.165, 1.54) is 0 Å². The van der Waals surface area contributed by atoms with Gasteiger partial charge in [0.15, 0.2) is 11.6 Å². The molecule has 100 valence electrons. The first-order valence-corrected chi connectivity index (χ1v) is 7.40. The first-order valence-electron chi connectivity index (χ1n) is 5.94. The van der Waals surface area contributed by atoms with Crippen molar-refractivity contribution in [1.82, 2.24) is 19.9 Å². The van der Waals surface area contributed by atoms with Crippen LogP contribution in [0.4, 0.5) is 0 Å². The Morgan fingerprint density at radius 3 is 2.55 bits per heavy atom. The number of imidazole rings is 1. The summed E-state index contributed by atoms with van der Waals surface area (Å²) in [7, 11) is 0. The highest BCUT2D eigenvalue weighted by Crippen LogP contribution is 2.22. The predicted molar refractivity (Wildman–Crippen MR) is 87.5 cm³/mol. The van der Waals surface area contributed by atoms with Crippen LogP contribution in [0.1, 0.15) is 5.69 Å². The summed E-state index contributed by atoms with van der Waals surface area (Å²) >= 11 is 8.08. The zero-order chi connectivity index (χ0) is 14.1. The number of H-pyrrole nitrogens is 1. The van der Waals surface area contributed by atoms with Crippen molar-refractivity contribution in [3.05, 3.63) is 50.9 Å². The molecule has 0 unspecified atom stereocenters. The van der Waals surface area contributed by atoms with Crippen LogP contribution in [-0.2, 0) is 0 Å². The second-order valence-corrected chi connectivity index (χ2v) is 5.90. The van der Waals surface area contributed by atoms with Crippen molar-refractivity contribution in [1.29, 1.82) is 0 Å². The molecule has 2 aromatic heterocycles. The first-order chi connectivity index (χ1) is 9.61. The third kappa shape index (κ3) is 2.83. The number of nitrogens with one attached hydrogen (secondary N) is 1. The smallest absolute Gasteiger partial charge is 0.196 e. The Bertz CT molecular complexity index is 752. The summed E-state index contributed by atoms with van der Waals surface area (Å²) < 4.78 is 0.954. The predicted octanol–water partition coefficient (Wildman–Crippen LogP) is 4.10. The van der Waals surface area contributed by atoms with Crippen molar-refractivity contribution in [3.63, 3.8) is 0 Å². The highest BCUT2D eigenvalue weighted by atomic mass is 127. The zero-order valence-electron chi connectivity index (χ0n) is 10.6. The fourth-order valence-corrected chi connectivity index (χ4v) is 2.38. The number of benzene rings is 1. The summed E-state index contributed by atoms with van der Waals surface area (Å²) in [4.78, 5) is 16.4. The molecule has 0 bridgehead atoms. The Morgan fingerprint density at radius 1 is 1.15 bits per heavy atom. The molecule has 0 aliphatic carbocycles. The van der Waals surface area contributed by atoms with Crippen molar-refractivity contribution >= 4 is 34.2 Å². The molecule has 0 amide bonds. The molecule has 0 aliphatic heterocycles. The van der Waals surface area contributed by atoms with Gasteiger partial charge in [-0.1, -0.05) is 23.7 Å². The minimum atomic E-state index is 0.595. The standard InChI is InChI=1S/C14H10ClIN4/c1-8-6-11(9-2-4-10(15)5-3-9)19-14(18-8)13-17-7-12(16)20-13/h2-7H,1H3,(H,17,20). The number of aryl methyl sites for hydroxylation is 1. The van der Waals surface area contributed by atoms with Gasteiger partial charge in [0.25, 0.3) is 0 Å². The Balaban J connectivity index is 2.09. The Labute approximate surface area is 134 Å². The molecule has 20 heavy (non-hydrogen) atoms. The van der Waals surface area contributed by atoms with E-state index in [2.05, 4.69) is 42.5 Å². The number of hydrogen-bond donors (Lipinski definition) is 1. The molecule has 6 heteroatoms. The summed E-state index contributed by atoms with van der Waals surface area (Å²) in [6.07, 6.45) is 1.75. The molecule has 0 aliphatic rings. The van der Waals surface area contributed by atoms with Crippen LogP contribution in [0.3, 0.4) is 0 Å². The minimum Gasteiger partial charge on any atom is -0.331 e. The molecule has 0 atom stereocenters. The third-order valence-electron chi connectivity index (χ3n) is 2.75. The number of rotatable bonds is 2. The molecule has 1 N–H and O–H groups in total. The van der Waals surface area contributed by atoms with Gasteiger partial charge in [0.05, 0.1) is 15.6 Å². The van der Waals surface area contributed by atoms with E-state index in [-0.39, 0.29) is 0 Å². The molecule has 1 aromatic carbocycles. The van der Waals surface area contributed by atoms with Gasteiger partial charge in [-0.2, -0.15) is 0 Å².